The Bertz CT molecular complexity index is 812. The third-order valence-corrected chi connectivity index (χ3v) is 3.61. The molecule has 1 aromatic heterocycles. The number of pyridine rings is 1. The first kappa shape index (κ1) is 18.7. The topological polar surface area (TPSA) is 129 Å². The van der Waals surface area contributed by atoms with Gasteiger partial charge in [-0.05, 0) is 50.2 Å². The Morgan fingerprint density at radius 1 is 1.15 bits per heavy atom. The minimum atomic E-state index is -0.0352. The summed E-state index contributed by atoms with van der Waals surface area (Å²) in [5.74, 6) is 0.434. The van der Waals surface area contributed by atoms with E-state index in [4.69, 9.17) is 16.7 Å². The number of rotatable bonds is 5. The maximum absolute atomic E-state index is 8.75. The van der Waals surface area contributed by atoms with Gasteiger partial charge in [-0.25, -0.2) is 4.98 Å². The molecule has 0 aliphatic carbocycles. The van der Waals surface area contributed by atoms with Crippen LogP contribution >= 0.6 is 0 Å². The highest BCUT2D eigenvalue weighted by Crippen LogP contribution is 2.17. The van der Waals surface area contributed by atoms with Gasteiger partial charge in [0.05, 0.1) is 5.56 Å². The minimum absolute atomic E-state index is 0.0352. The number of anilines is 2. The zero-order valence-corrected chi connectivity index (χ0v) is 14.8. The van der Waals surface area contributed by atoms with Crippen molar-refractivity contribution in [2.45, 2.75) is 13.8 Å². The molecule has 0 aliphatic heterocycles. The average Bonchev–Trinajstić information content (AvgIpc) is 2.64. The van der Waals surface area contributed by atoms with Gasteiger partial charge in [0.1, 0.15) is 6.07 Å². The quantitative estimate of drug-likeness (QED) is 0.560. The summed E-state index contributed by atoms with van der Waals surface area (Å²) >= 11 is 0. The van der Waals surface area contributed by atoms with Crippen LogP contribution in [0.4, 0.5) is 17.2 Å². The molecule has 1 heterocycles. The molecule has 0 aliphatic rings. The molecule has 2 rings (SSSR count). The van der Waals surface area contributed by atoms with E-state index in [1.54, 1.807) is 12.1 Å². The summed E-state index contributed by atoms with van der Waals surface area (Å²) < 4.78 is 0. The Hall–Kier alpha value is -3.60. The Labute approximate surface area is 152 Å². The van der Waals surface area contributed by atoms with Crippen molar-refractivity contribution in [2.24, 2.45) is 21.5 Å². The number of nitriles is 1. The molecule has 134 valence electrons. The van der Waals surface area contributed by atoms with Gasteiger partial charge in [0.15, 0.2) is 5.82 Å². The van der Waals surface area contributed by atoms with Crippen molar-refractivity contribution in [2.75, 3.05) is 23.3 Å². The summed E-state index contributed by atoms with van der Waals surface area (Å²) in [6.45, 7) is 6.13. The first-order chi connectivity index (χ1) is 12.5. The third-order valence-electron chi connectivity index (χ3n) is 3.61. The number of nitrogens with zero attached hydrogens (tertiary/aromatic N) is 5. The van der Waals surface area contributed by atoms with Crippen molar-refractivity contribution in [3.63, 3.8) is 0 Å². The van der Waals surface area contributed by atoms with E-state index in [0.29, 0.717) is 11.4 Å². The number of aromatic nitrogens is 1. The molecule has 0 saturated carbocycles. The molecule has 0 unspecified atom stereocenters. The van der Waals surface area contributed by atoms with Gasteiger partial charge in [-0.2, -0.15) is 15.2 Å². The van der Waals surface area contributed by atoms with Gasteiger partial charge in [0.25, 0.3) is 0 Å². The Kier molecular flexibility index (Phi) is 6.51. The molecule has 8 heteroatoms. The number of benzene rings is 1. The van der Waals surface area contributed by atoms with Crippen molar-refractivity contribution < 1.29 is 0 Å². The van der Waals surface area contributed by atoms with Crippen molar-refractivity contribution in [1.82, 2.24) is 4.98 Å². The maximum atomic E-state index is 8.75. The lowest BCUT2D eigenvalue weighted by Gasteiger charge is -2.21. The monoisotopic (exact) mass is 350 g/mol. The molecule has 1 aromatic carbocycles. The third kappa shape index (κ3) is 5.21. The second kappa shape index (κ2) is 9.03. The maximum Gasteiger partial charge on any atom is 0.225 e. The molecule has 0 saturated heterocycles. The SMILES string of the molecule is CCN(CC)c1ccc(NC(N)=NC(N)=Nc2ccc(C#N)cn2)cc1. The summed E-state index contributed by atoms with van der Waals surface area (Å²) in [5.41, 5.74) is 14.0. The Morgan fingerprint density at radius 3 is 2.38 bits per heavy atom. The number of guanidine groups is 2. The molecule has 5 N–H and O–H groups in total. The number of hydrogen-bond donors (Lipinski definition) is 3. The van der Waals surface area contributed by atoms with E-state index >= 15 is 0 Å². The molecule has 2 aromatic rings. The van der Waals surface area contributed by atoms with Gasteiger partial charge < -0.3 is 21.7 Å². The van der Waals surface area contributed by atoms with E-state index in [-0.39, 0.29) is 11.9 Å². The van der Waals surface area contributed by atoms with Crippen LogP contribution in [-0.4, -0.2) is 30.0 Å². The van der Waals surface area contributed by atoms with Gasteiger partial charge in [-0.15, -0.1) is 0 Å². The largest absolute Gasteiger partial charge is 0.372 e. The number of nitrogens with two attached hydrogens (primary N) is 2. The Morgan fingerprint density at radius 2 is 1.85 bits per heavy atom. The summed E-state index contributed by atoms with van der Waals surface area (Å²) in [7, 11) is 0. The van der Waals surface area contributed by atoms with Crippen LogP contribution in [0.1, 0.15) is 19.4 Å². The molecule has 0 fully saturated rings. The van der Waals surface area contributed by atoms with Crippen LogP contribution in [0.5, 0.6) is 0 Å². The van der Waals surface area contributed by atoms with Gasteiger partial charge in [-0.3, -0.25) is 0 Å². The van der Waals surface area contributed by atoms with Gasteiger partial charge in [0.2, 0.25) is 11.9 Å². The van der Waals surface area contributed by atoms with Crippen LogP contribution in [-0.2, 0) is 0 Å². The van der Waals surface area contributed by atoms with Crippen LogP contribution in [0.25, 0.3) is 0 Å². The van der Waals surface area contributed by atoms with E-state index in [9.17, 15) is 0 Å². The zero-order valence-electron chi connectivity index (χ0n) is 14.8. The van der Waals surface area contributed by atoms with Crippen LogP contribution in [0.15, 0.2) is 52.6 Å². The molecule has 0 amide bonds. The lowest BCUT2D eigenvalue weighted by molar-refractivity contribution is 0.866. The molecule has 0 bridgehead atoms. The summed E-state index contributed by atoms with van der Waals surface area (Å²) in [6.07, 6.45) is 1.41. The van der Waals surface area contributed by atoms with Crippen molar-refractivity contribution in [1.29, 1.82) is 5.26 Å². The molecule has 0 radical (unpaired) electrons. The standard InChI is InChI=1S/C18H22N8/c1-3-26(4-2)15-8-6-14(7-9-15)23-17(20)25-18(21)24-16-10-5-13(11-19)12-22-16/h5-10,12H,3-4H2,1-2H3,(H5,20,21,22,23,24,25). The van der Waals surface area contributed by atoms with Crippen molar-refractivity contribution in [3.05, 3.63) is 48.2 Å². The lowest BCUT2D eigenvalue weighted by atomic mass is 10.2. The van der Waals surface area contributed by atoms with Crippen LogP contribution in [0, 0.1) is 11.3 Å². The normalized spacial score (nSPS) is 11.7. The van der Waals surface area contributed by atoms with Crippen LogP contribution in [0.2, 0.25) is 0 Å². The first-order valence-corrected chi connectivity index (χ1v) is 8.22. The number of aliphatic imine (C=N–C) groups is 2. The molecule has 8 nitrogen and oxygen atoms in total. The fourth-order valence-electron chi connectivity index (χ4n) is 2.30. The fourth-order valence-corrected chi connectivity index (χ4v) is 2.30. The summed E-state index contributed by atoms with van der Waals surface area (Å²) in [4.78, 5) is 14.3. The van der Waals surface area contributed by atoms with E-state index in [1.165, 1.54) is 6.20 Å². The lowest BCUT2D eigenvalue weighted by Crippen LogP contribution is -2.26. The summed E-state index contributed by atoms with van der Waals surface area (Å²) in [6, 6.07) is 13.0. The van der Waals surface area contributed by atoms with Crippen molar-refractivity contribution in [3.8, 4) is 6.07 Å². The van der Waals surface area contributed by atoms with E-state index < -0.39 is 0 Å². The van der Waals surface area contributed by atoms with Gasteiger partial charge >= 0.3 is 0 Å². The minimum Gasteiger partial charge on any atom is -0.372 e. The molecular weight excluding hydrogens is 328 g/mol. The predicted molar refractivity (Wildman–Crippen MR) is 105 cm³/mol. The highest BCUT2D eigenvalue weighted by molar-refractivity contribution is 6.01. The molecular formula is C18H22N8. The van der Waals surface area contributed by atoms with E-state index in [2.05, 4.69) is 39.0 Å². The molecule has 0 spiro atoms. The number of hydrogen-bond acceptors (Lipinski definition) is 4. The second-order valence-electron chi connectivity index (χ2n) is 5.33. The smallest absolute Gasteiger partial charge is 0.225 e. The van der Waals surface area contributed by atoms with Crippen LogP contribution < -0.4 is 21.7 Å². The zero-order chi connectivity index (χ0) is 18.9. The summed E-state index contributed by atoms with van der Waals surface area (Å²) in [5, 5.41) is 11.7. The predicted octanol–water partition coefficient (Wildman–Crippen LogP) is 2.17. The second-order valence-corrected chi connectivity index (χ2v) is 5.33. The van der Waals surface area contributed by atoms with E-state index in [0.717, 1.165) is 24.5 Å². The molecule has 26 heavy (non-hydrogen) atoms. The highest BCUT2D eigenvalue weighted by Gasteiger charge is 2.02. The fraction of sp³-hybridized carbons (Fsp3) is 0.222. The van der Waals surface area contributed by atoms with E-state index in [1.807, 2.05) is 30.3 Å². The molecule has 0 atom stereocenters. The number of nitrogens with one attached hydrogen (secondary N) is 1. The first-order valence-electron chi connectivity index (χ1n) is 8.22. The highest BCUT2D eigenvalue weighted by atomic mass is 15.2. The van der Waals surface area contributed by atoms with Crippen LogP contribution in [0.3, 0.4) is 0 Å². The van der Waals surface area contributed by atoms with Crippen molar-refractivity contribution >= 4 is 29.1 Å². The van der Waals surface area contributed by atoms with Gasteiger partial charge in [0, 0.05) is 30.7 Å². The van der Waals surface area contributed by atoms with Gasteiger partial charge in [-0.1, -0.05) is 0 Å². The Balaban J connectivity index is 2.04. The average molecular weight is 350 g/mol.